The van der Waals surface area contributed by atoms with Crippen molar-refractivity contribution < 1.29 is 24.9 Å². The first kappa shape index (κ1) is 26.2. The smallest absolute Gasteiger partial charge is 0.306 e. The highest BCUT2D eigenvalue weighted by Crippen LogP contribution is 2.58. The number of rotatable bonds is 7. The van der Waals surface area contributed by atoms with E-state index in [0.717, 1.165) is 37.7 Å². The zero-order valence-electron chi connectivity index (χ0n) is 21.0. The first-order valence-corrected chi connectivity index (χ1v) is 12.8. The molecule has 0 unspecified atom stereocenters. The van der Waals surface area contributed by atoms with Gasteiger partial charge in [-0.15, -0.1) is 0 Å². The van der Waals surface area contributed by atoms with E-state index in [1.165, 1.54) is 5.57 Å². The number of allylic oxidation sites excluding steroid dienone is 3. The van der Waals surface area contributed by atoms with Crippen LogP contribution in [0.25, 0.3) is 0 Å². The molecule has 0 aromatic heterocycles. The van der Waals surface area contributed by atoms with Crippen LogP contribution < -0.4 is 0 Å². The van der Waals surface area contributed by atoms with Gasteiger partial charge >= 0.3 is 5.97 Å². The first-order valence-electron chi connectivity index (χ1n) is 12.8. The standard InChI is InChI=1S/C28H44O5/c1-18-24(29)16-20(17-25(18)30)10-11-21-8-6-15-28(5)22(12-13-23(21)28)19(2)33-26(31)9-7-14-27(3,4)32/h10-11,19,22-25,29-30,32H,1,6-9,12-17H2,2-5H3/b21-11+/t19-,22+,23-,24+,25+,28+/m0/s1. The fourth-order valence-electron chi connectivity index (χ4n) is 6.49. The van der Waals surface area contributed by atoms with Crippen molar-refractivity contribution in [1.29, 1.82) is 0 Å². The SMILES string of the molecule is C=C1[C@H](O)CC(=C/C=C2\CCC[C@]3(C)[C@@H]([C@H](C)OC(=O)CCCC(C)(C)O)CC[C@@H]23)C[C@H]1O. The molecule has 0 heterocycles. The Morgan fingerprint density at radius 3 is 2.55 bits per heavy atom. The highest BCUT2D eigenvalue weighted by Gasteiger charge is 2.51. The van der Waals surface area contributed by atoms with Gasteiger partial charge in [0.05, 0.1) is 17.8 Å². The maximum Gasteiger partial charge on any atom is 0.306 e. The number of carbonyl (C=O) groups is 1. The number of esters is 1. The lowest BCUT2D eigenvalue weighted by Crippen LogP contribution is -2.39. The third kappa shape index (κ3) is 6.37. The van der Waals surface area contributed by atoms with Crippen molar-refractivity contribution in [3.63, 3.8) is 0 Å². The van der Waals surface area contributed by atoms with Crippen LogP contribution in [-0.4, -0.2) is 45.2 Å². The summed E-state index contributed by atoms with van der Waals surface area (Å²) in [4.78, 5) is 12.4. The summed E-state index contributed by atoms with van der Waals surface area (Å²) in [7, 11) is 0. The van der Waals surface area contributed by atoms with Gasteiger partial charge in [0, 0.05) is 12.3 Å². The number of aliphatic hydroxyl groups is 3. The molecular weight excluding hydrogens is 416 g/mol. The van der Waals surface area contributed by atoms with Crippen LogP contribution in [0.5, 0.6) is 0 Å². The van der Waals surface area contributed by atoms with Crippen molar-refractivity contribution in [2.75, 3.05) is 0 Å². The predicted molar refractivity (Wildman–Crippen MR) is 130 cm³/mol. The highest BCUT2D eigenvalue weighted by molar-refractivity contribution is 5.69. The second kappa shape index (κ2) is 10.5. The number of ether oxygens (including phenoxy) is 1. The lowest BCUT2D eigenvalue weighted by Gasteiger charge is -2.44. The molecule has 0 aromatic rings. The minimum atomic E-state index is -0.750. The quantitative estimate of drug-likeness (QED) is 0.368. The molecule has 0 bridgehead atoms. The number of aliphatic hydroxyl groups excluding tert-OH is 2. The number of fused-ring (bicyclic) bond motifs is 1. The van der Waals surface area contributed by atoms with Crippen molar-refractivity contribution in [3.05, 3.63) is 35.5 Å². The molecule has 0 aliphatic heterocycles. The Bertz CT molecular complexity index is 773. The van der Waals surface area contributed by atoms with E-state index < -0.39 is 17.8 Å². The minimum absolute atomic E-state index is 0.109. The predicted octanol–water partition coefficient (Wildman–Crippen LogP) is 5.00. The molecule has 3 rings (SSSR count). The summed E-state index contributed by atoms with van der Waals surface area (Å²) in [6.45, 7) is 11.7. The number of hydrogen-bond acceptors (Lipinski definition) is 5. The molecule has 0 amide bonds. The zero-order valence-corrected chi connectivity index (χ0v) is 21.0. The van der Waals surface area contributed by atoms with Gasteiger partial charge in [0.1, 0.15) is 6.10 Å². The van der Waals surface area contributed by atoms with Crippen LogP contribution in [0.15, 0.2) is 35.5 Å². The summed E-state index contributed by atoms with van der Waals surface area (Å²) in [5.74, 6) is 0.669. The maximum atomic E-state index is 12.4. The molecule has 3 saturated carbocycles. The van der Waals surface area contributed by atoms with E-state index in [1.54, 1.807) is 13.8 Å². The number of carbonyl (C=O) groups excluding carboxylic acids is 1. The Morgan fingerprint density at radius 2 is 1.91 bits per heavy atom. The van der Waals surface area contributed by atoms with Crippen LogP contribution in [0.2, 0.25) is 0 Å². The second-order valence-electron chi connectivity index (χ2n) is 11.5. The highest BCUT2D eigenvalue weighted by atomic mass is 16.5. The van der Waals surface area contributed by atoms with E-state index in [2.05, 4.69) is 25.7 Å². The van der Waals surface area contributed by atoms with Gasteiger partial charge < -0.3 is 20.1 Å². The van der Waals surface area contributed by atoms with Crippen LogP contribution in [0, 0.1) is 17.3 Å². The Morgan fingerprint density at radius 1 is 1.24 bits per heavy atom. The van der Waals surface area contributed by atoms with Gasteiger partial charge in [-0.1, -0.05) is 36.8 Å². The molecule has 0 radical (unpaired) electrons. The van der Waals surface area contributed by atoms with Crippen LogP contribution in [-0.2, 0) is 9.53 Å². The summed E-state index contributed by atoms with van der Waals surface area (Å²) in [5.41, 5.74) is 2.42. The van der Waals surface area contributed by atoms with Gasteiger partial charge in [-0.2, -0.15) is 0 Å². The summed E-state index contributed by atoms with van der Waals surface area (Å²) in [6.07, 6.45) is 11.1. The average molecular weight is 461 g/mol. The second-order valence-corrected chi connectivity index (χ2v) is 11.5. The average Bonchev–Trinajstić information content (AvgIpc) is 3.07. The van der Waals surface area contributed by atoms with Crippen LogP contribution in [0.3, 0.4) is 0 Å². The van der Waals surface area contributed by atoms with Gasteiger partial charge in [0.15, 0.2) is 0 Å². The molecule has 5 nitrogen and oxygen atoms in total. The summed E-state index contributed by atoms with van der Waals surface area (Å²) in [6, 6.07) is 0. The summed E-state index contributed by atoms with van der Waals surface area (Å²) >= 11 is 0. The fourth-order valence-corrected chi connectivity index (χ4v) is 6.49. The van der Waals surface area contributed by atoms with Gasteiger partial charge in [0.2, 0.25) is 0 Å². The molecule has 3 aliphatic rings. The Hall–Kier alpha value is -1.43. The normalized spacial score (nSPS) is 34.8. The van der Waals surface area contributed by atoms with Crippen LogP contribution in [0.1, 0.15) is 91.9 Å². The van der Waals surface area contributed by atoms with Crippen molar-refractivity contribution in [2.45, 2.75) is 116 Å². The van der Waals surface area contributed by atoms with Crippen molar-refractivity contribution in [2.24, 2.45) is 17.3 Å². The lowest BCUT2D eigenvalue weighted by atomic mass is 9.62. The minimum Gasteiger partial charge on any atom is -0.462 e. The Labute approximate surface area is 199 Å². The Kier molecular flexibility index (Phi) is 8.29. The van der Waals surface area contributed by atoms with E-state index in [1.807, 2.05) is 6.92 Å². The van der Waals surface area contributed by atoms with Crippen molar-refractivity contribution in [1.82, 2.24) is 0 Å². The molecule has 3 fully saturated rings. The molecule has 3 aliphatic carbocycles. The van der Waals surface area contributed by atoms with Gasteiger partial charge in [-0.05, 0) is 95.5 Å². The van der Waals surface area contributed by atoms with Gasteiger partial charge in [-0.25, -0.2) is 0 Å². The molecule has 6 atom stereocenters. The number of hydrogen-bond donors (Lipinski definition) is 3. The molecule has 186 valence electrons. The van der Waals surface area contributed by atoms with E-state index in [0.29, 0.717) is 49.5 Å². The first-order chi connectivity index (χ1) is 15.4. The lowest BCUT2D eigenvalue weighted by molar-refractivity contribution is -0.153. The van der Waals surface area contributed by atoms with E-state index in [9.17, 15) is 20.1 Å². The summed E-state index contributed by atoms with van der Waals surface area (Å²) < 4.78 is 5.87. The molecular formula is C28H44O5. The topological polar surface area (TPSA) is 87.0 Å². The van der Waals surface area contributed by atoms with E-state index in [-0.39, 0.29) is 17.5 Å². The van der Waals surface area contributed by atoms with Crippen LogP contribution in [0.4, 0.5) is 0 Å². The zero-order chi connectivity index (χ0) is 24.4. The third-order valence-electron chi connectivity index (χ3n) is 8.39. The summed E-state index contributed by atoms with van der Waals surface area (Å²) in [5, 5.41) is 30.1. The largest absolute Gasteiger partial charge is 0.462 e. The maximum absolute atomic E-state index is 12.4. The van der Waals surface area contributed by atoms with Gasteiger partial charge in [-0.3, -0.25) is 4.79 Å². The molecule has 5 heteroatoms. The van der Waals surface area contributed by atoms with Crippen LogP contribution >= 0.6 is 0 Å². The van der Waals surface area contributed by atoms with E-state index >= 15 is 0 Å². The van der Waals surface area contributed by atoms with Crippen molar-refractivity contribution in [3.8, 4) is 0 Å². The van der Waals surface area contributed by atoms with Crippen molar-refractivity contribution >= 4 is 5.97 Å². The fraction of sp³-hybridized carbons (Fsp3) is 0.750. The Balaban J connectivity index is 1.63. The molecule has 0 spiro atoms. The monoisotopic (exact) mass is 460 g/mol. The molecule has 33 heavy (non-hydrogen) atoms. The van der Waals surface area contributed by atoms with Gasteiger partial charge in [0.25, 0.3) is 0 Å². The third-order valence-corrected chi connectivity index (χ3v) is 8.39. The molecule has 0 saturated heterocycles. The van der Waals surface area contributed by atoms with E-state index in [4.69, 9.17) is 4.74 Å². The molecule has 3 N–H and O–H groups in total. The molecule has 0 aromatic carbocycles.